The molecule has 0 fully saturated rings. The van der Waals surface area contributed by atoms with Crippen LogP contribution < -0.4 is 0 Å². The van der Waals surface area contributed by atoms with Gasteiger partial charge in [0.05, 0.1) is 42.0 Å². The Morgan fingerprint density at radius 3 is 2.73 bits per heavy atom. The van der Waals surface area contributed by atoms with Crippen molar-refractivity contribution in [1.82, 2.24) is 39.0 Å². The molecule has 5 aromatic rings. The highest BCUT2D eigenvalue weighted by Gasteiger charge is 2.12. The Bertz CT molecular complexity index is 1230. The minimum atomic E-state index is -0.332. The molecule has 0 aliphatic heterocycles. The Hall–Kier alpha value is -3.75. The lowest BCUT2D eigenvalue weighted by atomic mass is 10.3. The summed E-state index contributed by atoms with van der Waals surface area (Å²) in [5, 5.41) is 0. The molecule has 0 unspecified atom stereocenters. The zero-order chi connectivity index (χ0) is 17.5. The molecule has 0 bridgehead atoms. The zero-order valence-corrected chi connectivity index (χ0v) is 13.4. The lowest BCUT2D eigenvalue weighted by Crippen LogP contribution is -2.05. The van der Waals surface area contributed by atoms with Gasteiger partial charge in [-0.25, -0.2) is 19.3 Å². The Morgan fingerprint density at radius 1 is 0.923 bits per heavy atom. The number of fused-ring (bicyclic) bond motifs is 2. The van der Waals surface area contributed by atoms with Crippen molar-refractivity contribution < 1.29 is 4.39 Å². The third-order valence-electron chi connectivity index (χ3n) is 4.02. The van der Waals surface area contributed by atoms with Crippen molar-refractivity contribution >= 4 is 22.2 Å². The van der Waals surface area contributed by atoms with Crippen LogP contribution >= 0.6 is 0 Å². The van der Waals surface area contributed by atoms with Crippen LogP contribution in [0.5, 0.6) is 0 Å². The maximum atomic E-state index is 13.4. The van der Waals surface area contributed by atoms with E-state index in [9.17, 15) is 4.39 Å². The number of halogens is 1. The second-order valence-electron chi connectivity index (χ2n) is 5.70. The molecule has 0 saturated heterocycles. The van der Waals surface area contributed by atoms with E-state index < -0.39 is 0 Å². The second kappa shape index (κ2) is 5.66. The number of hydrogen-bond donors (Lipinski definition) is 0. The van der Waals surface area contributed by atoms with E-state index in [1.807, 2.05) is 4.57 Å². The molecule has 4 aromatic heterocycles. The van der Waals surface area contributed by atoms with Crippen LogP contribution in [0.1, 0.15) is 5.69 Å². The standard InChI is InChI=1S/C17H11FN8/c18-11-1-2-15-13(5-11)23-10-26(15)17-21-7-14-16(24-17)25(9-22-14)8-12-6-19-3-4-20-12/h1-7,9-10H,8H2. The largest absolute Gasteiger partial charge is 0.309 e. The number of imidazole rings is 2. The van der Waals surface area contributed by atoms with E-state index in [1.54, 1.807) is 48.1 Å². The zero-order valence-electron chi connectivity index (χ0n) is 13.4. The van der Waals surface area contributed by atoms with Gasteiger partial charge in [0, 0.05) is 18.5 Å². The molecule has 0 aliphatic carbocycles. The number of hydrogen-bond acceptors (Lipinski definition) is 6. The van der Waals surface area contributed by atoms with Crippen LogP contribution in [0, 0.1) is 5.82 Å². The summed E-state index contributed by atoms with van der Waals surface area (Å²) in [5.41, 5.74) is 3.42. The average Bonchev–Trinajstić information content (AvgIpc) is 3.26. The maximum Gasteiger partial charge on any atom is 0.237 e. The van der Waals surface area contributed by atoms with E-state index >= 15 is 0 Å². The van der Waals surface area contributed by atoms with Gasteiger partial charge in [-0.2, -0.15) is 4.98 Å². The second-order valence-corrected chi connectivity index (χ2v) is 5.70. The van der Waals surface area contributed by atoms with Gasteiger partial charge in [-0.1, -0.05) is 0 Å². The summed E-state index contributed by atoms with van der Waals surface area (Å²) >= 11 is 0. The molecule has 0 aliphatic rings. The number of benzene rings is 1. The molecule has 0 amide bonds. The topological polar surface area (TPSA) is 87.2 Å². The third kappa shape index (κ3) is 2.37. The van der Waals surface area contributed by atoms with Crippen molar-refractivity contribution in [3.63, 3.8) is 0 Å². The minimum Gasteiger partial charge on any atom is -0.309 e. The molecule has 5 rings (SSSR count). The predicted octanol–water partition coefficient (Wildman–Crippen LogP) is 2.14. The van der Waals surface area contributed by atoms with Gasteiger partial charge in [-0.3, -0.25) is 14.5 Å². The lowest BCUT2D eigenvalue weighted by Gasteiger charge is -2.05. The molecule has 0 radical (unpaired) electrons. The molecule has 1 aromatic carbocycles. The lowest BCUT2D eigenvalue weighted by molar-refractivity contribution is 0.629. The number of aromatic nitrogens is 8. The third-order valence-corrected chi connectivity index (χ3v) is 4.02. The number of nitrogens with zero attached hydrogens (tertiary/aromatic N) is 8. The highest BCUT2D eigenvalue weighted by atomic mass is 19.1. The average molecular weight is 346 g/mol. The van der Waals surface area contributed by atoms with Crippen LogP contribution in [0.2, 0.25) is 0 Å². The van der Waals surface area contributed by atoms with Crippen LogP contribution in [-0.2, 0) is 6.54 Å². The van der Waals surface area contributed by atoms with E-state index in [4.69, 9.17) is 0 Å². The normalized spacial score (nSPS) is 11.4. The molecule has 0 atom stereocenters. The van der Waals surface area contributed by atoms with Crippen LogP contribution in [0.25, 0.3) is 28.1 Å². The Kier molecular flexibility index (Phi) is 3.17. The molecule has 8 nitrogen and oxygen atoms in total. The van der Waals surface area contributed by atoms with Crippen LogP contribution in [-0.4, -0.2) is 39.0 Å². The van der Waals surface area contributed by atoms with E-state index in [0.29, 0.717) is 29.2 Å². The first kappa shape index (κ1) is 14.6. The summed E-state index contributed by atoms with van der Waals surface area (Å²) in [6, 6.07) is 4.42. The smallest absolute Gasteiger partial charge is 0.237 e. The van der Waals surface area contributed by atoms with Crippen LogP contribution in [0.15, 0.2) is 55.6 Å². The molecule has 0 N–H and O–H groups in total. The van der Waals surface area contributed by atoms with Gasteiger partial charge < -0.3 is 4.57 Å². The van der Waals surface area contributed by atoms with Crippen molar-refractivity contribution in [2.75, 3.05) is 0 Å². The van der Waals surface area contributed by atoms with Gasteiger partial charge in [0.25, 0.3) is 0 Å². The molecule has 9 heteroatoms. The first-order valence-electron chi connectivity index (χ1n) is 7.84. The summed E-state index contributed by atoms with van der Waals surface area (Å²) in [7, 11) is 0. The molecular formula is C17H11FN8. The molecular weight excluding hydrogens is 335 g/mol. The van der Waals surface area contributed by atoms with Crippen LogP contribution in [0.4, 0.5) is 4.39 Å². The summed E-state index contributed by atoms with van der Waals surface area (Å²) in [6.07, 6.45) is 9.90. The fourth-order valence-electron chi connectivity index (χ4n) is 2.81. The van der Waals surface area contributed by atoms with Gasteiger partial charge in [-0.15, -0.1) is 0 Å². The van der Waals surface area contributed by atoms with Gasteiger partial charge in [0.1, 0.15) is 17.7 Å². The van der Waals surface area contributed by atoms with E-state index in [-0.39, 0.29) is 5.82 Å². The first-order chi connectivity index (χ1) is 12.8. The number of rotatable bonds is 3. The van der Waals surface area contributed by atoms with Gasteiger partial charge in [-0.05, 0) is 12.1 Å². The highest BCUT2D eigenvalue weighted by Crippen LogP contribution is 2.18. The van der Waals surface area contributed by atoms with Crippen molar-refractivity contribution in [1.29, 1.82) is 0 Å². The highest BCUT2D eigenvalue weighted by molar-refractivity contribution is 5.77. The Balaban J connectivity index is 1.61. The fourth-order valence-corrected chi connectivity index (χ4v) is 2.81. The van der Waals surface area contributed by atoms with E-state index in [2.05, 4.69) is 29.9 Å². The summed E-state index contributed by atoms with van der Waals surface area (Å²) < 4.78 is 17.0. The van der Waals surface area contributed by atoms with Gasteiger partial charge in [0.2, 0.25) is 5.95 Å². The van der Waals surface area contributed by atoms with Crippen molar-refractivity contribution in [2.45, 2.75) is 6.54 Å². The van der Waals surface area contributed by atoms with Crippen molar-refractivity contribution in [2.24, 2.45) is 0 Å². The fraction of sp³-hybridized carbons (Fsp3) is 0.0588. The monoisotopic (exact) mass is 346 g/mol. The quantitative estimate of drug-likeness (QED) is 0.497. The summed E-state index contributed by atoms with van der Waals surface area (Å²) in [4.78, 5) is 25.9. The predicted molar refractivity (Wildman–Crippen MR) is 91.0 cm³/mol. The van der Waals surface area contributed by atoms with Crippen LogP contribution in [0.3, 0.4) is 0 Å². The SMILES string of the molecule is Fc1ccc2c(c1)ncn2-c1ncc2ncn(Cc3cnccn3)c2n1. The summed E-state index contributed by atoms with van der Waals surface area (Å²) in [6.45, 7) is 0.497. The minimum absolute atomic E-state index is 0.332. The molecule has 0 saturated carbocycles. The summed E-state index contributed by atoms with van der Waals surface area (Å²) in [5.74, 6) is 0.105. The van der Waals surface area contributed by atoms with Crippen molar-refractivity contribution in [3.05, 3.63) is 67.2 Å². The Labute approximate surface area is 146 Å². The van der Waals surface area contributed by atoms with Gasteiger partial charge >= 0.3 is 0 Å². The first-order valence-corrected chi connectivity index (χ1v) is 7.84. The molecule has 126 valence electrons. The molecule has 4 heterocycles. The van der Waals surface area contributed by atoms with E-state index in [0.717, 1.165) is 11.2 Å². The Morgan fingerprint density at radius 2 is 1.85 bits per heavy atom. The molecule has 26 heavy (non-hydrogen) atoms. The van der Waals surface area contributed by atoms with Gasteiger partial charge in [0.15, 0.2) is 5.65 Å². The van der Waals surface area contributed by atoms with E-state index in [1.165, 1.54) is 12.1 Å². The maximum absolute atomic E-state index is 13.4. The molecule has 0 spiro atoms. The van der Waals surface area contributed by atoms with Crippen molar-refractivity contribution in [3.8, 4) is 5.95 Å².